The number of aryl methyl sites for hydroxylation is 1. The number of fused-ring (bicyclic) bond motifs is 1. The van der Waals surface area contributed by atoms with Crippen LogP contribution >= 0.6 is 23.5 Å². The van der Waals surface area contributed by atoms with E-state index in [2.05, 4.69) is 20.8 Å². The summed E-state index contributed by atoms with van der Waals surface area (Å²) in [6.45, 7) is 0.170. The maximum absolute atomic E-state index is 12.8. The number of carbonyl (C=O) groups is 4. The fourth-order valence-electron chi connectivity index (χ4n) is 3.49. The van der Waals surface area contributed by atoms with Crippen LogP contribution in [0.15, 0.2) is 46.8 Å². The maximum Gasteiger partial charge on any atom is 0.352 e. The van der Waals surface area contributed by atoms with Crippen molar-refractivity contribution in [3.05, 3.63) is 47.2 Å². The Morgan fingerprint density at radius 2 is 2.15 bits per heavy atom. The number of benzene rings is 1. The number of tetrazole rings is 1. The van der Waals surface area contributed by atoms with Gasteiger partial charge >= 0.3 is 5.97 Å². The molecule has 1 fully saturated rings. The number of carboxylic acids is 1. The molecule has 0 unspecified atom stereocenters. The number of hydrogen-bond donors (Lipinski definition) is 2. The molecule has 1 aromatic carbocycles. The fraction of sp³-hybridized carbons (Fsp3) is 0.316. The Balaban J connectivity index is 1.48. The first-order chi connectivity index (χ1) is 15.9. The van der Waals surface area contributed by atoms with Crippen molar-refractivity contribution in [3.8, 4) is 0 Å². The summed E-state index contributed by atoms with van der Waals surface area (Å²) in [5.41, 5.74) is 0.910. The lowest BCUT2D eigenvalue weighted by Crippen LogP contribution is -2.71. The highest BCUT2D eigenvalue weighted by Gasteiger charge is 2.54. The highest BCUT2D eigenvalue weighted by Crippen LogP contribution is 2.41. The quantitative estimate of drug-likeness (QED) is 0.276. The van der Waals surface area contributed by atoms with Gasteiger partial charge in [0.1, 0.15) is 17.1 Å². The summed E-state index contributed by atoms with van der Waals surface area (Å²) in [5, 5.41) is 23.4. The number of aromatic nitrogens is 4. The van der Waals surface area contributed by atoms with Crippen molar-refractivity contribution in [1.29, 1.82) is 0 Å². The number of hydrogen-bond acceptors (Lipinski definition) is 10. The van der Waals surface area contributed by atoms with Crippen LogP contribution in [0.1, 0.15) is 11.7 Å². The Labute approximate surface area is 195 Å². The Kier molecular flexibility index (Phi) is 6.65. The number of rotatable bonds is 9. The first kappa shape index (κ1) is 22.8. The van der Waals surface area contributed by atoms with Gasteiger partial charge in [0.15, 0.2) is 0 Å². The monoisotopic (exact) mass is 490 g/mol. The van der Waals surface area contributed by atoms with E-state index in [-0.39, 0.29) is 12.2 Å². The van der Waals surface area contributed by atoms with Crippen LogP contribution in [0.4, 0.5) is 0 Å². The highest BCUT2D eigenvalue weighted by atomic mass is 32.2. The molecule has 0 aliphatic carbocycles. The van der Waals surface area contributed by atoms with Crippen molar-refractivity contribution in [1.82, 2.24) is 30.4 Å². The zero-order valence-corrected chi connectivity index (χ0v) is 18.8. The van der Waals surface area contributed by atoms with Gasteiger partial charge in [0.05, 0.1) is 0 Å². The summed E-state index contributed by atoms with van der Waals surface area (Å²) in [6, 6.07) is 7.45. The van der Waals surface area contributed by atoms with Crippen LogP contribution in [0.25, 0.3) is 0 Å². The molecule has 0 bridgehead atoms. The van der Waals surface area contributed by atoms with Crippen molar-refractivity contribution in [2.75, 3.05) is 11.5 Å². The van der Waals surface area contributed by atoms with E-state index in [1.165, 1.54) is 33.1 Å². The zero-order chi connectivity index (χ0) is 23.5. The van der Waals surface area contributed by atoms with Gasteiger partial charge in [0, 0.05) is 24.1 Å². The first-order valence-corrected chi connectivity index (χ1v) is 11.7. The SMILES string of the molecule is Cn1nnnc1SCC1=C(C(=O)O)N2C(=O)[C@H](NC(=O)[C@@H](OC=O)c3ccccc3)[C@H]2SC1. The maximum atomic E-state index is 12.8. The Bertz CT molecular complexity index is 1120. The van der Waals surface area contributed by atoms with E-state index >= 15 is 0 Å². The number of ether oxygens (including phenoxy) is 1. The fourth-order valence-corrected chi connectivity index (χ4v) is 5.83. The Morgan fingerprint density at radius 1 is 1.39 bits per heavy atom. The molecule has 2 aromatic rings. The van der Waals surface area contributed by atoms with Crippen LogP contribution < -0.4 is 5.32 Å². The molecule has 172 valence electrons. The van der Waals surface area contributed by atoms with Gasteiger partial charge < -0.3 is 15.2 Å². The molecule has 3 heterocycles. The summed E-state index contributed by atoms with van der Waals surface area (Å²) >= 11 is 2.61. The van der Waals surface area contributed by atoms with E-state index < -0.39 is 35.3 Å². The third-order valence-corrected chi connectivity index (χ3v) is 7.47. The third kappa shape index (κ3) is 4.43. The molecule has 2 N–H and O–H groups in total. The molecular weight excluding hydrogens is 472 g/mol. The standard InChI is InChI=1S/C19H18N6O6S2/c1-24-19(21-22-23-24)33-8-11-7-32-17-12(16(28)25(17)13(11)18(29)30)20-15(27)14(31-9-26)10-5-3-2-4-6-10/h2-6,9,12,14,17H,7-8H2,1H3,(H,20,27)(H,29,30)/t12-,14-,17+/m0/s1. The highest BCUT2D eigenvalue weighted by molar-refractivity contribution is 8.01. The summed E-state index contributed by atoms with van der Waals surface area (Å²) in [4.78, 5) is 49.7. The molecule has 0 radical (unpaired) electrons. The number of carbonyl (C=O) groups excluding carboxylic acids is 3. The molecule has 12 nitrogen and oxygen atoms in total. The molecule has 1 aromatic heterocycles. The minimum atomic E-state index is -1.23. The average Bonchev–Trinajstić information content (AvgIpc) is 3.23. The van der Waals surface area contributed by atoms with E-state index in [1.54, 1.807) is 37.4 Å². The number of nitrogens with one attached hydrogen (secondary N) is 1. The Hall–Kier alpha value is -3.39. The van der Waals surface area contributed by atoms with Crippen LogP contribution in [0.5, 0.6) is 0 Å². The molecule has 4 rings (SSSR count). The summed E-state index contributed by atoms with van der Waals surface area (Å²) < 4.78 is 6.40. The van der Waals surface area contributed by atoms with Gasteiger partial charge in [-0.05, 0) is 16.0 Å². The first-order valence-electron chi connectivity index (χ1n) is 9.62. The lowest BCUT2D eigenvalue weighted by atomic mass is 10.0. The second-order valence-electron chi connectivity index (χ2n) is 7.05. The lowest BCUT2D eigenvalue weighted by Gasteiger charge is -2.49. The van der Waals surface area contributed by atoms with Crippen molar-refractivity contribution in [3.63, 3.8) is 0 Å². The van der Waals surface area contributed by atoms with Crippen molar-refractivity contribution in [2.45, 2.75) is 22.7 Å². The molecule has 14 heteroatoms. The number of nitrogens with zero attached hydrogens (tertiary/aromatic N) is 5. The minimum Gasteiger partial charge on any atom is -0.477 e. The average molecular weight is 491 g/mol. The van der Waals surface area contributed by atoms with E-state index in [1.807, 2.05) is 0 Å². The zero-order valence-electron chi connectivity index (χ0n) is 17.2. The summed E-state index contributed by atoms with van der Waals surface area (Å²) in [6.07, 6.45) is -1.22. The number of amides is 2. The normalized spacial score (nSPS) is 20.5. The van der Waals surface area contributed by atoms with Crippen LogP contribution in [-0.4, -0.2) is 77.4 Å². The van der Waals surface area contributed by atoms with E-state index in [0.717, 1.165) is 0 Å². The predicted octanol–water partition coefficient (Wildman–Crippen LogP) is -0.0449. The smallest absolute Gasteiger partial charge is 0.352 e. The van der Waals surface area contributed by atoms with Crippen molar-refractivity contribution in [2.24, 2.45) is 7.05 Å². The molecular formula is C19H18N6O6S2. The van der Waals surface area contributed by atoms with Crippen molar-refractivity contribution < 1.29 is 29.0 Å². The van der Waals surface area contributed by atoms with Gasteiger partial charge in [-0.15, -0.1) is 16.9 Å². The number of aliphatic carboxylic acids is 1. The van der Waals surface area contributed by atoms with Gasteiger partial charge in [-0.25, -0.2) is 9.48 Å². The summed E-state index contributed by atoms with van der Waals surface area (Å²) in [5.74, 6) is -1.79. The van der Waals surface area contributed by atoms with E-state index in [4.69, 9.17) is 4.74 Å². The molecule has 0 saturated carbocycles. The molecule has 2 amide bonds. The van der Waals surface area contributed by atoms with Gasteiger partial charge in [-0.2, -0.15) is 0 Å². The second kappa shape index (κ2) is 9.62. The number of β-lactam (4-membered cyclic amide) rings is 1. The van der Waals surface area contributed by atoms with Gasteiger partial charge in [0.25, 0.3) is 18.3 Å². The Morgan fingerprint density at radius 3 is 2.79 bits per heavy atom. The molecule has 33 heavy (non-hydrogen) atoms. The molecule has 0 spiro atoms. The topological polar surface area (TPSA) is 157 Å². The van der Waals surface area contributed by atoms with Crippen LogP contribution in [-0.2, 0) is 31.0 Å². The van der Waals surface area contributed by atoms with Gasteiger partial charge in [0.2, 0.25) is 11.3 Å². The molecule has 3 atom stereocenters. The molecule has 2 aliphatic heterocycles. The number of thioether (sulfide) groups is 2. The third-order valence-electron chi connectivity index (χ3n) is 5.04. The van der Waals surface area contributed by atoms with E-state index in [0.29, 0.717) is 27.8 Å². The molecule has 2 aliphatic rings. The van der Waals surface area contributed by atoms with Gasteiger partial charge in [-0.3, -0.25) is 19.3 Å². The lowest BCUT2D eigenvalue weighted by molar-refractivity contribution is -0.154. The van der Waals surface area contributed by atoms with Crippen LogP contribution in [0.2, 0.25) is 0 Å². The van der Waals surface area contributed by atoms with Crippen molar-refractivity contribution >= 4 is 47.8 Å². The van der Waals surface area contributed by atoms with Crippen LogP contribution in [0, 0.1) is 0 Å². The second-order valence-corrected chi connectivity index (χ2v) is 9.10. The molecule has 1 saturated heterocycles. The summed E-state index contributed by atoms with van der Waals surface area (Å²) in [7, 11) is 1.67. The number of carboxylic acid groups (broad SMARTS) is 1. The largest absolute Gasteiger partial charge is 0.477 e. The predicted molar refractivity (Wildman–Crippen MR) is 116 cm³/mol. The van der Waals surface area contributed by atoms with Crippen LogP contribution in [0.3, 0.4) is 0 Å². The van der Waals surface area contributed by atoms with Gasteiger partial charge in [-0.1, -0.05) is 42.1 Å². The minimum absolute atomic E-state index is 0.0966. The van der Waals surface area contributed by atoms with E-state index in [9.17, 15) is 24.3 Å².